The fourth-order valence-electron chi connectivity index (χ4n) is 5.11. The van der Waals surface area contributed by atoms with Crippen LogP contribution in [0.4, 0.5) is 0 Å². The summed E-state index contributed by atoms with van der Waals surface area (Å²) in [5.41, 5.74) is 5.95. The highest BCUT2D eigenvalue weighted by Crippen LogP contribution is 2.38. The number of nitrogens with zero attached hydrogens (tertiary/aromatic N) is 4. The minimum absolute atomic E-state index is 0.0334. The first-order valence-electron chi connectivity index (χ1n) is 14.4. The topological polar surface area (TPSA) is 182 Å². The average molecular weight is 624 g/mol. The Morgan fingerprint density at radius 2 is 1.83 bits per heavy atom. The second-order valence-corrected chi connectivity index (χ2v) is 10.5. The molecule has 0 saturated heterocycles. The van der Waals surface area contributed by atoms with E-state index in [0.29, 0.717) is 52.6 Å². The molecule has 3 N–H and O–H groups in total. The number of carboxylic acids is 1. The minimum atomic E-state index is -1.22. The van der Waals surface area contributed by atoms with Crippen LogP contribution in [0.1, 0.15) is 27.9 Å². The van der Waals surface area contributed by atoms with Gasteiger partial charge >= 0.3 is 5.97 Å². The van der Waals surface area contributed by atoms with Crippen LogP contribution in [0.15, 0.2) is 65.4 Å². The van der Waals surface area contributed by atoms with Gasteiger partial charge in [0.25, 0.3) is 0 Å². The van der Waals surface area contributed by atoms with Gasteiger partial charge in [0, 0.05) is 24.4 Å². The van der Waals surface area contributed by atoms with Crippen molar-refractivity contribution in [2.75, 3.05) is 19.8 Å². The van der Waals surface area contributed by atoms with Crippen molar-refractivity contribution in [1.82, 2.24) is 20.6 Å². The van der Waals surface area contributed by atoms with Crippen molar-refractivity contribution in [1.29, 1.82) is 5.26 Å². The summed E-state index contributed by atoms with van der Waals surface area (Å²) in [6, 6.07) is 17.6. The fourth-order valence-corrected chi connectivity index (χ4v) is 5.11. The number of nitrogens with one attached hydrogen (secondary N) is 1. The van der Waals surface area contributed by atoms with Gasteiger partial charge in [0.2, 0.25) is 0 Å². The SMILES string of the molecule is Cc1c(COc2cc(OCc3ccnc(C#N)c3)c(CN[C@H](CO)C(=O)O)c3nonc23)cccc1-c1ccc2c(c1)OCCO2. The van der Waals surface area contributed by atoms with E-state index in [0.717, 1.165) is 28.0 Å². The van der Waals surface area contributed by atoms with Crippen LogP contribution >= 0.6 is 0 Å². The van der Waals surface area contributed by atoms with Crippen LogP contribution in [0, 0.1) is 18.3 Å². The van der Waals surface area contributed by atoms with Crippen LogP contribution in [0.25, 0.3) is 22.2 Å². The molecule has 13 nitrogen and oxygen atoms in total. The maximum absolute atomic E-state index is 11.5. The number of hydrogen-bond acceptors (Lipinski definition) is 12. The summed E-state index contributed by atoms with van der Waals surface area (Å²) in [5.74, 6) is 0.873. The molecule has 13 heteroatoms. The molecule has 2 aromatic heterocycles. The van der Waals surface area contributed by atoms with Gasteiger partial charge in [-0.05, 0) is 69.3 Å². The van der Waals surface area contributed by atoms with Gasteiger partial charge in [0.05, 0.1) is 6.61 Å². The first-order chi connectivity index (χ1) is 22.4. The van der Waals surface area contributed by atoms with E-state index in [9.17, 15) is 20.3 Å². The van der Waals surface area contributed by atoms with Gasteiger partial charge in [-0.15, -0.1) is 0 Å². The zero-order chi connectivity index (χ0) is 32.0. The number of hydrogen-bond donors (Lipinski definition) is 3. The van der Waals surface area contributed by atoms with Gasteiger partial charge in [0.15, 0.2) is 22.8 Å². The van der Waals surface area contributed by atoms with Crippen LogP contribution in [-0.2, 0) is 24.6 Å². The molecule has 5 aromatic rings. The van der Waals surface area contributed by atoms with Gasteiger partial charge in [-0.3, -0.25) is 10.1 Å². The van der Waals surface area contributed by atoms with E-state index in [1.807, 2.05) is 49.4 Å². The number of carboxylic acid groups (broad SMARTS) is 1. The molecule has 0 saturated carbocycles. The Bertz CT molecular complexity index is 1940. The zero-order valence-corrected chi connectivity index (χ0v) is 24.7. The number of benzene rings is 3. The predicted molar refractivity (Wildman–Crippen MR) is 162 cm³/mol. The van der Waals surface area contributed by atoms with Crippen LogP contribution in [0.2, 0.25) is 0 Å². The summed E-state index contributed by atoms with van der Waals surface area (Å²) in [4.78, 5) is 15.5. The van der Waals surface area contributed by atoms with E-state index < -0.39 is 18.6 Å². The standard InChI is InChI=1S/C33H29N5O8/c1-19-22(3-2-4-24(19)21-5-6-27-29(12-21)43-10-9-42-27)18-45-30-13-28(44-17-20-7-8-35-23(11-20)14-34)25(31-32(30)38-46-37-31)15-36-26(16-39)33(40)41/h2-8,11-13,26,36,39H,9-10,15-18H2,1H3,(H,40,41)/t26-/m1/s1. The molecule has 234 valence electrons. The first kappa shape index (κ1) is 30.3. The number of aliphatic hydroxyl groups excluding tert-OH is 1. The van der Waals surface area contributed by atoms with Gasteiger partial charge in [-0.25, -0.2) is 9.61 Å². The molecule has 3 heterocycles. The van der Waals surface area contributed by atoms with Gasteiger partial charge in [-0.2, -0.15) is 5.26 Å². The lowest BCUT2D eigenvalue weighted by Gasteiger charge is -2.20. The number of aromatic nitrogens is 3. The van der Waals surface area contributed by atoms with Crippen LogP contribution in [-0.4, -0.2) is 57.3 Å². The summed E-state index contributed by atoms with van der Waals surface area (Å²) < 4.78 is 29.0. The number of ether oxygens (including phenoxy) is 4. The van der Waals surface area contributed by atoms with Gasteiger partial charge in [0.1, 0.15) is 55.5 Å². The Hall–Kier alpha value is -5.71. The molecule has 6 rings (SSSR count). The number of aliphatic carboxylic acids is 1. The molecule has 1 atom stereocenters. The second-order valence-electron chi connectivity index (χ2n) is 10.5. The number of rotatable bonds is 12. The minimum Gasteiger partial charge on any atom is -0.488 e. The van der Waals surface area contributed by atoms with Crippen molar-refractivity contribution in [2.24, 2.45) is 0 Å². The molecule has 3 aromatic carbocycles. The lowest BCUT2D eigenvalue weighted by molar-refractivity contribution is -0.140. The Labute approximate surface area is 262 Å². The lowest BCUT2D eigenvalue weighted by atomic mass is 9.96. The third-order valence-corrected chi connectivity index (χ3v) is 7.59. The predicted octanol–water partition coefficient (Wildman–Crippen LogP) is 3.93. The summed E-state index contributed by atoms with van der Waals surface area (Å²) in [5, 5.41) is 39.1. The van der Waals surface area contributed by atoms with Crippen molar-refractivity contribution in [3.8, 4) is 40.2 Å². The maximum Gasteiger partial charge on any atom is 0.323 e. The fraction of sp³-hybridized carbons (Fsp3) is 0.242. The van der Waals surface area contributed by atoms with E-state index >= 15 is 0 Å². The quantitative estimate of drug-likeness (QED) is 0.182. The highest BCUT2D eigenvalue weighted by Gasteiger charge is 2.23. The summed E-state index contributed by atoms with van der Waals surface area (Å²) in [6.07, 6.45) is 1.51. The van der Waals surface area contributed by atoms with E-state index in [2.05, 4.69) is 20.6 Å². The normalized spacial score (nSPS) is 12.8. The molecule has 0 aliphatic carbocycles. The molecule has 0 unspecified atom stereocenters. The van der Waals surface area contributed by atoms with Crippen LogP contribution < -0.4 is 24.3 Å². The number of carbonyl (C=O) groups is 1. The first-order valence-corrected chi connectivity index (χ1v) is 14.4. The molecular formula is C33H29N5O8. The molecule has 0 spiro atoms. The van der Waals surface area contributed by atoms with Gasteiger partial charge in [-0.1, -0.05) is 24.3 Å². The molecule has 1 aliphatic heterocycles. The molecule has 0 bridgehead atoms. The highest BCUT2D eigenvalue weighted by atomic mass is 16.6. The summed E-state index contributed by atoms with van der Waals surface area (Å²) in [6.45, 7) is 2.64. The van der Waals surface area contributed by atoms with E-state index in [1.165, 1.54) is 6.20 Å². The van der Waals surface area contributed by atoms with E-state index in [4.69, 9.17) is 23.6 Å². The molecule has 0 amide bonds. The molecular weight excluding hydrogens is 594 g/mol. The van der Waals surface area contributed by atoms with E-state index in [-0.39, 0.29) is 25.5 Å². The third-order valence-electron chi connectivity index (χ3n) is 7.59. The Morgan fingerprint density at radius 3 is 2.63 bits per heavy atom. The smallest absolute Gasteiger partial charge is 0.323 e. The summed E-state index contributed by atoms with van der Waals surface area (Å²) in [7, 11) is 0. The Kier molecular flexibility index (Phi) is 8.91. The highest BCUT2D eigenvalue weighted by molar-refractivity contribution is 5.86. The second kappa shape index (κ2) is 13.5. The molecule has 1 aliphatic rings. The van der Waals surface area contributed by atoms with Crippen molar-refractivity contribution >= 4 is 17.0 Å². The van der Waals surface area contributed by atoms with Gasteiger partial charge < -0.3 is 29.2 Å². The Morgan fingerprint density at radius 1 is 1.02 bits per heavy atom. The third kappa shape index (κ3) is 6.39. The molecule has 0 fully saturated rings. The zero-order valence-electron chi connectivity index (χ0n) is 24.7. The number of nitriles is 1. The number of aliphatic hydroxyl groups is 1. The van der Waals surface area contributed by atoms with Crippen molar-refractivity contribution in [3.63, 3.8) is 0 Å². The van der Waals surface area contributed by atoms with Crippen molar-refractivity contribution < 1.29 is 38.6 Å². The molecule has 0 radical (unpaired) electrons. The maximum atomic E-state index is 11.5. The largest absolute Gasteiger partial charge is 0.488 e. The van der Waals surface area contributed by atoms with Crippen molar-refractivity contribution in [3.05, 3.63) is 88.7 Å². The summed E-state index contributed by atoms with van der Waals surface area (Å²) >= 11 is 0. The van der Waals surface area contributed by atoms with Crippen LogP contribution in [0.5, 0.6) is 23.0 Å². The average Bonchev–Trinajstić information content (AvgIpc) is 3.58. The monoisotopic (exact) mass is 623 g/mol. The number of fused-ring (bicyclic) bond motifs is 2. The van der Waals surface area contributed by atoms with E-state index in [1.54, 1.807) is 18.2 Å². The lowest BCUT2D eigenvalue weighted by Crippen LogP contribution is -2.39. The number of pyridine rings is 1. The van der Waals surface area contributed by atoms with Crippen LogP contribution in [0.3, 0.4) is 0 Å². The van der Waals surface area contributed by atoms with Crippen molar-refractivity contribution in [2.45, 2.75) is 32.7 Å². The Balaban J connectivity index is 1.30. The molecule has 46 heavy (non-hydrogen) atoms.